The predicted octanol–water partition coefficient (Wildman–Crippen LogP) is -2.54. The number of ether oxygens (including phenoxy) is 1. The minimum absolute atomic E-state index is 0.0753. The minimum atomic E-state index is -2.41. The number of nitrogens with two attached hydrogens (primary N) is 3. The average molecular weight is 1550 g/mol. The summed E-state index contributed by atoms with van der Waals surface area (Å²) in [5.74, 6) is -15.8. The minimum Gasteiger partial charge on any atom is -0.494 e. The van der Waals surface area contributed by atoms with Gasteiger partial charge in [-0.1, -0.05) is 90.0 Å². The van der Waals surface area contributed by atoms with Gasteiger partial charge in [-0.25, -0.2) is 9.37 Å². The van der Waals surface area contributed by atoms with E-state index in [9.17, 15) is 78.0 Å². The number of aromatic amines is 2. The second-order valence-electron chi connectivity index (χ2n) is 27.2. The van der Waals surface area contributed by atoms with E-state index in [-0.39, 0.29) is 30.7 Å². The molecule has 600 valence electrons. The Labute approximate surface area is 639 Å². The number of hydrogen-bond donors (Lipinski definition) is 19. The van der Waals surface area contributed by atoms with Crippen molar-refractivity contribution in [1.82, 2.24) is 83.8 Å². The number of amides is 11. The van der Waals surface area contributed by atoms with Crippen LogP contribution in [0.1, 0.15) is 112 Å². The normalized spacial score (nSPS) is 14.7. The number of carbonyl (C=O) groups is 12. The molecule has 0 aliphatic rings. The third kappa shape index (κ3) is 27.8. The summed E-state index contributed by atoms with van der Waals surface area (Å²) in [6.45, 7) is 9.07. The molecule has 0 fully saturated rings. The summed E-state index contributed by atoms with van der Waals surface area (Å²) in [6, 6.07) is 11.0. The number of rotatable bonds is 45. The first-order valence-corrected chi connectivity index (χ1v) is 36.0. The monoisotopic (exact) mass is 1550 g/mol. The van der Waals surface area contributed by atoms with Crippen LogP contribution in [0.15, 0.2) is 97.5 Å². The molecule has 37 heteroatoms. The zero-order valence-corrected chi connectivity index (χ0v) is 62.7. The van der Waals surface area contributed by atoms with E-state index in [1.165, 1.54) is 37.6 Å². The molecule has 111 heavy (non-hydrogen) atoms. The van der Waals surface area contributed by atoms with Crippen LogP contribution in [0.3, 0.4) is 0 Å². The molecule has 2 aromatic heterocycles. The van der Waals surface area contributed by atoms with Crippen LogP contribution in [0.2, 0.25) is 0 Å². The molecule has 12 atom stereocenters. The molecule has 0 bridgehead atoms. The second-order valence-corrected chi connectivity index (χ2v) is 27.2. The summed E-state index contributed by atoms with van der Waals surface area (Å²) in [6.07, 6.45) is -0.978. The molecule has 0 aliphatic carbocycles. The van der Waals surface area contributed by atoms with Crippen molar-refractivity contribution in [2.45, 2.75) is 185 Å². The van der Waals surface area contributed by atoms with Gasteiger partial charge < -0.3 is 101 Å². The van der Waals surface area contributed by atoms with E-state index >= 15 is 4.39 Å². The highest BCUT2D eigenvalue weighted by atomic mass is 19.1. The van der Waals surface area contributed by atoms with Crippen LogP contribution in [0.5, 0.6) is 5.75 Å². The van der Waals surface area contributed by atoms with Gasteiger partial charge in [-0.2, -0.15) is 5.21 Å². The molecule has 4 aromatic carbocycles. The van der Waals surface area contributed by atoms with Crippen molar-refractivity contribution in [3.05, 3.63) is 148 Å². The summed E-state index contributed by atoms with van der Waals surface area (Å²) in [5, 5.41) is 79.4. The lowest BCUT2D eigenvalue weighted by molar-refractivity contribution is -0.142. The van der Waals surface area contributed by atoms with Crippen molar-refractivity contribution in [1.29, 1.82) is 0 Å². The number of nitrogens with one attached hydrogen (secondary N) is 12. The fourth-order valence-corrected chi connectivity index (χ4v) is 11.8. The number of aromatic nitrogens is 6. The Hall–Kier alpha value is -11.7. The van der Waals surface area contributed by atoms with Crippen molar-refractivity contribution in [2.24, 2.45) is 23.1 Å². The third-order valence-corrected chi connectivity index (χ3v) is 17.9. The van der Waals surface area contributed by atoms with Crippen molar-refractivity contribution < 1.29 is 87.1 Å². The standard InChI is InChI=1S/C74H100FN19O17/c1-8-46-30-50(111-25-12-11-24-76)22-23-51(46)47-20-18-44(19-21-47)29-54(68(105)82-53(64(78)101)17-13-14-45-27-39(2)26-40(3)28-45)84-69(106)56(33-61(99)100)85-70(107)57(37-95)86-71(108)62(42(5)96)89-73(110)74(7,34-48-15-9-10-16-52(48)75)90-72(109)63(43(6)97)88-60(98)36-80-67(104)55(32-59-91-93-94-92-59)83-65(102)41(4)66(103)87-58(77)31-49-35-79-38-81-49/h9-10,15-16,18-23,26-28,30,35,38,41-43,53-58,62-63,95-97H,8,11-14,17,24-25,29,31-34,36-37,76-77H2,1-7H3,(H2,78,101)(H,79,81)(H,80,104)(H,82,105)(H,83,102)(H,84,106)(H,85,107)(H,86,108)(H,87,103)(H,88,98)(H,89,110)(H,90,109)(H,99,100)(H,91,92,93,94)/t41-,42+,43+,53-,54-,55-,56-,57-,58+,62-,63-,74-/m0/s1. The summed E-state index contributed by atoms with van der Waals surface area (Å²) in [5.41, 5.74) is 21.7. The number of aliphatic carboxylic acids is 1. The Morgan fingerprint density at radius 2 is 1.28 bits per heavy atom. The number of primary amides is 1. The molecule has 0 saturated heterocycles. The molecule has 0 radical (unpaired) electrons. The van der Waals surface area contributed by atoms with E-state index in [4.69, 9.17) is 21.9 Å². The number of unbranched alkanes of at least 4 members (excludes halogenated alkanes) is 1. The Bertz CT molecular complexity index is 4150. The first-order valence-electron chi connectivity index (χ1n) is 36.0. The van der Waals surface area contributed by atoms with Crippen molar-refractivity contribution in [3.8, 4) is 16.9 Å². The van der Waals surface area contributed by atoms with E-state index in [2.05, 4.69) is 83.8 Å². The number of aliphatic hydroxyl groups excluding tert-OH is 3. The fourth-order valence-electron chi connectivity index (χ4n) is 11.8. The van der Waals surface area contributed by atoms with Gasteiger partial charge in [-0.3, -0.25) is 57.5 Å². The molecule has 36 nitrogen and oxygen atoms in total. The van der Waals surface area contributed by atoms with E-state index in [1.54, 1.807) is 24.3 Å². The summed E-state index contributed by atoms with van der Waals surface area (Å²) < 4.78 is 21.5. The number of carbonyl (C=O) groups excluding carboxylic acids is 11. The molecule has 0 aliphatic heterocycles. The number of aryl methyl sites for hydroxylation is 4. The highest BCUT2D eigenvalue weighted by molar-refractivity contribution is 6.03. The molecule has 0 saturated carbocycles. The van der Waals surface area contributed by atoms with Gasteiger partial charge in [0.2, 0.25) is 65.0 Å². The number of tetrazole rings is 1. The molecule has 6 rings (SSSR count). The highest BCUT2D eigenvalue weighted by Gasteiger charge is 2.43. The first-order chi connectivity index (χ1) is 52.7. The largest absolute Gasteiger partial charge is 0.494 e. The van der Waals surface area contributed by atoms with Crippen LogP contribution >= 0.6 is 0 Å². The van der Waals surface area contributed by atoms with Crippen LogP contribution in [0.4, 0.5) is 4.39 Å². The zero-order chi connectivity index (χ0) is 81.6. The van der Waals surface area contributed by atoms with Gasteiger partial charge in [0.15, 0.2) is 5.82 Å². The Morgan fingerprint density at radius 3 is 1.89 bits per heavy atom. The zero-order valence-electron chi connectivity index (χ0n) is 62.7. The van der Waals surface area contributed by atoms with Gasteiger partial charge >= 0.3 is 5.97 Å². The van der Waals surface area contributed by atoms with Crippen molar-refractivity contribution in [3.63, 3.8) is 0 Å². The highest BCUT2D eigenvalue weighted by Crippen LogP contribution is 2.29. The van der Waals surface area contributed by atoms with Gasteiger partial charge in [0.05, 0.1) is 50.9 Å². The fraction of sp³-hybridized carbons (Fsp3) is 0.459. The van der Waals surface area contributed by atoms with Crippen molar-refractivity contribution >= 4 is 70.9 Å². The maximum absolute atomic E-state index is 15.5. The lowest BCUT2D eigenvalue weighted by atomic mass is 9.90. The average Bonchev–Trinajstić information content (AvgIpc) is 0.956. The smallest absolute Gasteiger partial charge is 0.305 e. The van der Waals surface area contributed by atoms with Crippen LogP contribution < -0.4 is 75.1 Å². The molecular formula is C74H100FN19O17. The number of carboxylic acids is 1. The number of imidazole rings is 1. The Kier molecular flexibility index (Phi) is 34.1. The maximum Gasteiger partial charge on any atom is 0.305 e. The maximum atomic E-state index is 15.5. The number of benzene rings is 4. The van der Waals surface area contributed by atoms with Crippen LogP contribution in [0.25, 0.3) is 11.1 Å². The van der Waals surface area contributed by atoms with Crippen molar-refractivity contribution in [2.75, 3.05) is 26.3 Å². The summed E-state index contributed by atoms with van der Waals surface area (Å²) in [4.78, 5) is 172. The predicted molar refractivity (Wildman–Crippen MR) is 398 cm³/mol. The number of aliphatic hydroxyl groups is 3. The summed E-state index contributed by atoms with van der Waals surface area (Å²) >= 11 is 0. The molecule has 2 heterocycles. The second kappa shape index (κ2) is 42.9. The van der Waals surface area contributed by atoms with Crippen LogP contribution in [-0.2, 0) is 96.1 Å². The quantitative estimate of drug-likeness (QED) is 0.0106. The molecule has 22 N–H and O–H groups in total. The number of carboxylic acid groups (broad SMARTS) is 1. The van der Waals surface area contributed by atoms with Gasteiger partial charge in [-0.15, -0.1) is 10.2 Å². The number of halogens is 1. The molecule has 0 spiro atoms. The SMILES string of the molecule is CCc1cc(OCCCCN)ccc1-c1ccc(C[C@H](NC(=O)[C@H](CC(=O)O)NC(=O)[C@H](CO)NC(=O)[C@@H](NC(=O)[C@](C)(Cc2ccccc2F)NC(=O)[C@@H](NC(=O)CNC(=O)[C@H](Cc2nn[nH]n2)NC(=O)[C@H](C)C(=O)N[C@@H](N)Cc2cnc[nH]2)[C@@H](C)O)[C@@H](C)O)C(=O)N[C@@H](CCCc2cc(C)cc(C)c2)C(N)=O)cc1. The molecular weight excluding hydrogens is 1450 g/mol. The van der Waals surface area contributed by atoms with Gasteiger partial charge in [0, 0.05) is 37.6 Å². The Morgan fingerprint density at radius 1 is 0.658 bits per heavy atom. The van der Waals surface area contributed by atoms with E-state index in [1.807, 2.05) is 57.2 Å². The molecule has 11 amide bonds. The molecule has 0 unspecified atom stereocenters. The van der Waals surface area contributed by atoms with E-state index in [0.717, 1.165) is 73.1 Å². The topological polar surface area (TPSA) is 576 Å². The lowest BCUT2D eigenvalue weighted by Gasteiger charge is -2.34. The van der Waals surface area contributed by atoms with Gasteiger partial charge in [-0.05, 0) is 138 Å². The molecule has 6 aromatic rings. The van der Waals surface area contributed by atoms with E-state index < -0.39 is 181 Å². The van der Waals surface area contributed by atoms with Crippen LogP contribution in [0, 0.1) is 25.6 Å². The van der Waals surface area contributed by atoms with Crippen LogP contribution in [-0.4, -0.2) is 214 Å². The Balaban J connectivity index is 1.17. The summed E-state index contributed by atoms with van der Waals surface area (Å²) in [7, 11) is 0. The number of nitrogens with zero attached hydrogens (tertiary/aromatic N) is 4. The lowest BCUT2D eigenvalue weighted by Crippen LogP contribution is -2.67. The third-order valence-electron chi connectivity index (χ3n) is 17.9. The number of H-pyrrole nitrogens is 2. The first kappa shape index (κ1) is 88.2. The van der Waals surface area contributed by atoms with Gasteiger partial charge in [0.1, 0.15) is 65.3 Å². The number of hydrogen-bond acceptors (Lipinski definition) is 22. The van der Waals surface area contributed by atoms with E-state index in [0.29, 0.717) is 49.4 Å². The van der Waals surface area contributed by atoms with Gasteiger partial charge in [0.25, 0.3) is 0 Å².